The van der Waals surface area contributed by atoms with Crippen LogP contribution in [0.25, 0.3) is 0 Å². The highest BCUT2D eigenvalue weighted by Crippen LogP contribution is 2.29. The van der Waals surface area contributed by atoms with Crippen LogP contribution < -0.4 is 10.6 Å². The van der Waals surface area contributed by atoms with Gasteiger partial charge in [-0.05, 0) is 32.1 Å². The molecule has 0 aromatic carbocycles. The number of rotatable bonds is 5. The zero-order chi connectivity index (χ0) is 13.8. The number of aromatic nitrogens is 2. The van der Waals surface area contributed by atoms with E-state index in [4.69, 9.17) is 10.7 Å². The van der Waals surface area contributed by atoms with E-state index in [-0.39, 0.29) is 0 Å². The van der Waals surface area contributed by atoms with Crippen molar-refractivity contribution in [2.24, 2.45) is 5.73 Å². The van der Waals surface area contributed by atoms with Gasteiger partial charge < -0.3 is 10.6 Å². The van der Waals surface area contributed by atoms with Crippen molar-refractivity contribution in [1.82, 2.24) is 9.36 Å². The Morgan fingerprint density at radius 2 is 2.00 bits per heavy atom. The largest absolute Gasteiger partial charge is 0.344 e. The molecule has 0 saturated heterocycles. The summed E-state index contributed by atoms with van der Waals surface area (Å²) in [5.74, 6) is 1.39. The Morgan fingerprint density at radius 1 is 1.32 bits per heavy atom. The van der Waals surface area contributed by atoms with Crippen LogP contribution in [-0.4, -0.2) is 28.0 Å². The highest BCUT2D eigenvalue weighted by atomic mass is 32.1. The minimum atomic E-state index is 0.403. The summed E-state index contributed by atoms with van der Waals surface area (Å²) in [6.07, 6.45) is 5.82. The predicted molar refractivity (Wildman–Crippen MR) is 81.9 cm³/mol. The molecule has 0 atom stereocenters. The standard InChI is InChI=1S/C14H26N4S/c1-4-9-18(12-7-5-11(15)6-8-12)14-16-13(10(2)3)17-19-14/h10-12H,4-9,15H2,1-3H3. The first kappa shape index (κ1) is 14.7. The van der Waals surface area contributed by atoms with Crippen LogP contribution in [0.5, 0.6) is 0 Å². The molecule has 1 aliphatic rings. The van der Waals surface area contributed by atoms with Crippen LogP contribution in [0.15, 0.2) is 0 Å². The highest BCUT2D eigenvalue weighted by Gasteiger charge is 2.26. The van der Waals surface area contributed by atoms with E-state index in [0.717, 1.165) is 36.8 Å². The molecule has 0 bridgehead atoms. The van der Waals surface area contributed by atoms with Crippen LogP contribution in [-0.2, 0) is 0 Å². The van der Waals surface area contributed by atoms with Gasteiger partial charge in [0.15, 0.2) is 0 Å². The molecule has 2 rings (SSSR count). The van der Waals surface area contributed by atoms with E-state index >= 15 is 0 Å². The maximum absolute atomic E-state index is 6.01. The average Bonchev–Trinajstić information content (AvgIpc) is 2.87. The molecule has 4 nitrogen and oxygen atoms in total. The van der Waals surface area contributed by atoms with Crippen LogP contribution in [0.2, 0.25) is 0 Å². The summed E-state index contributed by atoms with van der Waals surface area (Å²) in [7, 11) is 0. The predicted octanol–water partition coefficient (Wildman–Crippen LogP) is 3.15. The smallest absolute Gasteiger partial charge is 0.205 e. The first-order chi connectivity index (χ1) is 9.11. The number of nitrogens with two attached hydrogens (primary N) is 1. The van der Waals surface area contributed by atoms with Crippen molar-refractivity contribution in [2.75, 3.05) is 11.4 Å². The zero-order valence-corrected chi connectivity index (χ0v) is 13.1. The molecular weight excluding hydrogens is 256 g/mol. The fraction of sp³-hybridized carbons (Fsp3) is 0.857. The van der Waals surface area contributed by atoms with Gasteiger partial charge in [-0.3, -0.25) is 0 Å². The second-order valence-corrected chi connectivity index (χ2v) is 6.58. The van der Waals surface area contributed by atoms with Crippen molar-refractivity contribution in [3.8, 4) is 0 Å². The first-order valence-corrected chi connectivity index (χ1v) is 8.25. The van der Waals surface area contributed by atoms with Gasteiger partial charge in [0.25, 0.3) is 0 Å². The van der Waals surface area contributed by atoms with E-state index in [1.807, 2.05) is 0 Å². The van der Waals surface area contributed by atoms with Gasteiger partial charge in [-0.25, -0.2) is 4.98 Å². The molecule has 2 N–H and O–H groups in total. The summed E-state index contributed by atoms with van der Waals surface area (Å²) < 4.78 is 4.49. The molecule has 0 unspecified atom stereocenters. The lowest BCUT2D eigenvalue weighted by molar-refractivity contribution is 0.375. The number of hydrogen-bond donors (Lipinski definition) is 1. The summed E-state index contributed by atoms with van der Waals surface area (Å²) >= 11 is 1.55. The number of nitrogens with zero attached hydrogens (tertiary/aromatic N) is 3. The summed E-state index contributed by atoms with van der Waals surface area (Å²) in [6.45, 7) is 7.60. The number of anilines is 1. The van der Waals surface area contributed by atoms with Crippen molar-refractivity contribution in [1.29, 1.82) is 0 Å². The van der Waals surface area contributed by atoms with Gasteiger partial charge in [0.05, 0.1) is 0 Å². The Morgan fingerprint density at radius 3 is 2.53 bits per heavy atom. The molecule has 108 valence electrons. The Balaban J connectivity index is 2.09. The summed E-state index contributed by atoms with van der Waals surface area (Å²) in [6, 6.07) is 1.01. The van der Waals surface area contributed by atoms with Crippen molar-refractivity contribution in [3.05, 3.63) is 5.82 Å². The molecule has 19 heavy (non-hydrogen) atoms. The van der Waals surface area contributed by atoms with Gasteiger partial charge in [-0.15, -0.1) is 0 Å². The lowest BCUT2D eigenvalue weighted by Gasteiger charge is -2.35. The molecular formula is C14H26N4S. The number of hydrogen-bond acceptors (Lipinski definition) is 5. The van der Waals surface area contributed by atoms with Crippen LogP contribution in [0.4, 0.5) is 5.13 Å². The van der Waals surface area contributed by atoms with Gasteiger partial charge in [-0.2, -0.15) is 4.37 Å². The molecule has 0 aliphatic heterocycles. The molecule has 0 amide bonds. The van der Waals surface area contributed by atoms with Gasteiger partial charge in [0, 0.05) is 36.1 Å². The van der Waals surface area contributed by atoms with E-state index in [1.54, 1.807) is 11.5 Å². The molecule has 5 heteroatoms. The van der Waals surface area contributed by atoms with Gasteiger partial charge in [0.2, 0.25) is 5.13 Å². The van der Waals surface area contributed by atoms with E-state index in [9.17, 15) is 0 Å². The Labute approximate surface area is 120 Å². The molecule has 1 aromatic rings. The summed E-state index contributed by atoms with van der Waals surface area (Å²) in [4.78, 5) is 7.19. The van der Waals surface area contributed by atoms with E-state index in [2.05, 4.69) is 30.0 Å². The molecule has 0 radical (unpaired) electrons. The lowest BCUT2D eigenvalue weighted by Crippen LogP contribution is -2.41. The van der Waals surface area contributed by atoms with Crippen LogP contribution >= 0.6 is 11.5 Å². The third kappa shape index (κ3) is 3.66. The second kappa shape index (κ2) is 6.66. The minimum absolute atomic E-state index is 0.403. The Bertz CT molecular complexity index is 383. The van der Waals surface area contributed by atoms with E-state index in [0.29, 0.717) is 18.0 Å². The SMILES string of the molecule is CCCN(c1nc(C(C)C)ns1)C1CCC(N)CC1. The maximum Gasteiger partial charge on any atom is 0.205 e. The fourth-order valence-corrected chi connectivity index (χ4v) is 3.57. The molecule has 1 saturated carbocycles. The first-order valence-electron chi connectivity index (χ1n) is 7.47. The Hall–Kier alpha value is -0.680. The molecule has 1 fully saturated rings. The normalized spacial score (nSPS) is 23.8. The summed E-state index contributed by atoms with van der Waals surface area (Å²) in [5.41, 5.74) is 6.01. The topological polar surface area (TPSA) is 55.0 Å². The van der Waals surface area contributed by atoms with E-state index in [1.165, 1.54) is 12.8 Å². The van der Waals surface area contributed by atoms with Gasteiger partial charge in [-0.1, -0.05) is 20.8 Å². The third-order valence-electron chi connectivity index (χ3n) is 3.84. The minimum Gasteiger partial charge on any atom is -0.344 e. The van der Waals surface area contributed by atoms with Crippen molar-refractivity contribution < 1.29 is 0 Å². The molecule has 1 aromatic heterocycles. The second-order valence-electron chi connectivity index (χ2n) is 5.85. The van der Waals surface area contributed by atoms with Gasteiger partial charge >= 0.3 is 0 Å². The zero-order valence-electron chi connectivity index (χ0n) is 12.3. The van der Waals surface area contributed by atoms with Crippen molar-refractivity contribution >= 4 is 16.7 Å². The van der Waals surface area contributed by atoms with Gasteiger partial charge in [0.1, 0.15) is 5.82 Å². The Kier molecular flexibility index (Phi) is 5.16. The van der Waals surface area contributed by atoms with Crippen molar-refractivity contribution in [3.63, 3.8) is 0 Å². The molecule has 1 heterocycles. The van der Waals surface area contributed by atoms with Crippen molar-refractivity contribution in [2.45, 2.75) is 70.9 Å². The van der Waals surface area contributed by atoms with Crippen LogP contribution in [0.3, 0.4) is 0 Å². The van der Waals surface area contributed by atoms with E-state index < -0.39 is 0 Å². The maximum atomic E-state index is 6.01. The lowest BCUT2D eigenvalue weighted by atomic mass is 9.91. The average molecular weight is 282 g/mol. The summed E-state index contributed by atoms with van der Waals surface area (Å²) in [5, 5.41) is 1.10. The van der Waals surface area contributed by atoms with Crippen LogP contribution in [0.1, 0.15) is 64.6 Å². The molecule has 0 spiro atoms. The third-order valence-corrected chi connectivity index (χ3v) is 4.61. The monoisotopic (exact) mass is 282 g/mol. The highest BCUT2D eigenvalue weighted by molar-refractivity contribution is 7.09. The van der Waals surface area contributed by atoms with Crippen LogP contribution in [0, 0.1) is 0 Å². The molecule has 1 aliphatic carbocycles. The fourth-order valence-electron chi connectivity index (χ4n) is 2.67. The quantitative estimate of drug-likeness (QED) is 0.901.